The Kier molecular flexibility index (Phi) is 9.47. The van der Waals surface area contributed by atoms with Crippen molar-refractivity contribution in [3.63, 3.8) is 0 Å². The normalized spacial score (nSPS) is 10.7. The molecule has 0 aliphatic rings. The molecule has 0 radical (unpaired) electrons. The lowest BCUT2D eigenvalue weighted by Gasteiger charge is -2.08. The van der Waals surface area contributed by atoms with Gasteiger partial charge in [0, 0.05) is 11.6 Å². The fraction of sp³-hybridized carbons (Fsp3) is 0.200. The van der Waals surface area contributed by atoms with Gasteiger partial charge in [0.25, 0.3) is 0 Å². The molecule has 0 aliphatic carbocycles. The molecule has 0 N–H and O–H groups in total. The summed E-state index contributed by atoms with van der Waals surface area (Å²) in [6.07, 6.45) is 5.00. The van der Waals surface area contributed by atoms with E-state index in [-0.39, 0.29) is 19.2 Å². The summed E-state index contributed by atoms with van der Waals surface area (Å²) in [6.45, 7) is 9.19. The minimum Gasteiger partial charge on any atom is -0.458 e. The number of benzene rings is 4. The van der Waals surface area contributed by atoms with Crippen LogP contribution in [-0.4, -0.2) is 11.9 Å². The van der Waals surface area contributed by atoms with E-state index < -0.39 is 5.97 Å². The summed E-state index contributed by atoms with van der Waals surface area (Å²) < 4.78 is 10.3. The molecule has 4 aromatic rings. The number of hydrogen-bond donors (Lipinski definition) is 0. The quantitative estimate of drug-likeness (QED) is 0.146. The molecule has 4 heteroatoms. The highest BCUT2D eigenvalue weighted by atomic mass is 16.5. The number of aryl methyl sites for hydroxylation is 4. The Morgan fingerprint density at radius 3 is 1.44 bits per heavy atom. The SMILES string of the molecule is C=CC(=O)OCc1ccc(CCc2ccc3cc(CCc4ccc(COC(=O)C(=C)C)cc4)ccc3c2)cc1. The van der Waals surface area contributed by atoms with Gasteiger partial charge in [-0.2, -0.15) is 0 Å². The van der Waals surface area contributed by atoms with E-state index in [0.717, 1.165) is 36.8 Å². The minimum absolute atomic E-state index is 0.263. The number of esters is 2. The highest BCUT2D eigenvalue weighted by Gasteiger charge is 2.05. The summed E-state index contributed by atoms with van der Waals surface area (Å²) in [5, 5.41) is 2.51. The van der Waals surface area contributed by atoms with Crippen molar-refractivity contribution in [2.24, 2.45) is 0 Å². The lowest BCUT2D eigenvalue weighted by Crippen LogP contribution is -2.04. The van der Waals surface area contributed by atoms with E-state index in [2.05, 4.69) is 73.8 Å². The predicted molar refractivity (Wildman–Crippen MR) is 156 cm³/mol. The van der Waals surface area contributed by atoms with Gasteiger partial charge in [0.15, 0.2) is 0 Å². The van der Waals surface area contributed by atoms with Crippen molar-refractivity contribution in [3.8, 4) is 0 Å². The first-order valence-electron chi connectivity index (χ1n) is 13.2. The van der Waals surface area contributed by atoms with Gasteiger partial charge < -0.3 is 9.47 Å². The molecule has 0 saturated heterocycles. The van der Waals surface area contributed by atoms with Crippen LogP contribution < -0.4 is 0 Å². The molecule has 0 spiro atoms. The molecule has 4 rings (SSSR count). The highest BCUT2D eigenvalue weighted by Crippen LogP contribution is 2.21. The number of carbonyl (C=O) groups is 2. The minimum atomic E-state index is -0.408. The van der Waals surface area contributed by atoms with Crippen molar-refractivity contribution in [1.29, 1.82) is 0 Å². The molecule has 4 aromatic carbocycles. The van der Waals surface area contributed by atoms with Crippen LogP contribution >= 0.6 is 0 Å². The number of ether oxygens (including phenoxy) is 2. The van der Waals surface area contributed by atoms with Crippen LogP contribution in [0.3, 0.4) is 0 Å². The Balaban J connectivity index is 1.28. The van der Waals surface area contributed by atoms with Crippen LogP contribution in [0.4, 0.5) is 0 Å². The predicted octanol–water partition coefficient (Wildman–Crippen LogP) is 7.26. The van der Waals surface area contributed by atoms with Crippen molar-refractivity contribution < 1.29 is 19.1 Å². The van der Waals surface area contributed by atoms with E-state index >= 15 is 0 Å². The average Bonchev–Trinajstić information content (AvgIpc) is 2.97. The monoisotopic (exact) mass is 518 g/mol. The van der Waals surface area contributed by atoms with E-state index in [1.807, 2.05) is 24.3 Å². The van der Waals surface area contributed by atoms with Crippen LogP contribution in [0, 0.1) is 0 Å². The zero-order valence-electron chi connectivity index (χ0n) is 22.5. The van der Waals surface area contributed by atoms with E-state index in [4.69, 9.17) is 9.47 Å². The molecule has 198 valence electrons. The van der Waals surface area contributed by atoms with Gasteiger partial charge in [0.2, 0.25) is 0 Å². The van der Waals surface area contributed by atoms with Crippen molar-refractivity contribution in [2.45, 2.75) is 45.8 Å². The summed E-state index contributed by atoms with van der Waals surface area (Å²) in [6, 6.07) is 29.8. The third-order valence-corrected chi connectivity index (χ3v) is 6.69. The van der Waals surface area contributed by atoms with Crippen LogP contribution in [0.5, 0.6) is 0 Å². The standard InChI is InChI=1S/C35H34O4/c1-4-34(36)38-23-30-13-7-26(8-14-30)5-11-28-17-19-33-22-29(18-20-32(33)21-28)12-6-27-9-15-31(16-10-27)24-39-35(37)25(2)3/h4,7-10,13-22H,1-2,5-6,11-12,23-24H2,3H3. The third kappa shape index (κ3) is 8.27. The fourth-order valence-electron chi connectivity index (χ4n) is 4.32. The first kappa shape index (κ1) is 27.6. The topological polar surface area (TPSA) is 52.6 Å². The first-order valence-corrected chi connectivity index (χ1v) is 13.2. The smallest absolute Gasteiger partial charge is 0.333 e. The zero-order chi connectivity index (χ0) is 27.6. The van der Waals surface area contributed by atoms with Gasteiger partial charge in [-0.05, 0) is 76.8 Å². The Labute approximate surface area is 230 Å². The van der Waals surface area contributed by atoms with Crippen molar-refractivity contribution in [1.82, 2.24) is 0 Å². The number of carbonyl (C=O) groups excluding carboxylic acids is 2. The summed E-state index contributed by atoms with van der Waals surface area (Å²) in [5.41, 5.74) is 7.48. The van der Waals surface area contributed by atoms with Crippen LogP contribution in [0.15, 0.2) is 110 Å². The maximum atomic E-state index is 11.6. The fourth-order valence-corrected chi connectivity index (χ4v) is 4.32. The average molecular weight is 519 g/mol. The molecule has 0 aliphatic heterocycles. The maximum Gasteiger partial charge on any atom is 0.333 e. The second-order valence-corrected chi connectivity index (χ2v) is 9.82. The largest absolute Gasteiger partial charge is 0.458 e. The highest BCUT2D eigenvalue weighted by molar-refractivity contribution is 5.87. The second kappa shape index (κ2) is 13.4. The molecular formula is C35H34O4. The van der Waals surface area contributed by atoms with Crippen LogP contribution in [-0.2, 0) is 58.0 Å². The van der Waals surface area contributed by atoms with E-state index in [1.54, 1.807) is 6.92 Å². The molecule has 0 saturated carbocycles. The molecule has 0 unspecified atom stereocenters. The summed E-state index contributed by atoms with van der Waals surface area (Å²) in [7, 11) is 0. The van der Waals surface area contributed by atoms with Gasteiger partial charge >= 0.3 is 11.9 Å². The van der Waals surface area contributed by atoms with Gasteiger partial charge in [-0.3, -0.25) is 0 Å². The Hall–Kier alpha value is -4.44. The number of rotatable bonds is 12. The lowest BCUT2D eigenvalue weighted by molar-refractivity contribution is -0.140. The van der Waals surface area contributed by atoms with Crippen molar-refractivity contribution in [2.75, 3.05) is 0 Å². The second-order valence-electron chi connectivity index (χ2n) is 9.82. The van der Waals surface area contributed by atoms with Crippen molar-refractivity contribution >= 4 is 22.7 Å². The van der Waals surface area contributed by atoms with Gasteiger partial charge in [-0.1, -0.05) is 98.1 Å². The third-order valence-electron chi connectivity index (χ3n) is 6.69. The Morgan fingerprint density at radius 1 is 0.615 bits per heavy atom. The van der Waals surface area contributed by atoms with Gasteiger partial charge in [-0.25, -0.2) is 9.59 Å². The molecule has 0 fully saturated rings. The molecule has 0 bridgehead atoms. The van der Waals surface area contributed by atoms with Crippen LogP contribution in [0.1, 0.15) is 40.3 Å². The molecular weight excluding hydrogens is 484 g/mol. The van der Waals surface area contributed by atoms with E-state index in [0.29, 0.717) is 5.57 Å². The van der Waals surface area contributed by atoms with Crippen LogP contribution in [0.25, 0.3) is 10.8 Å². The Morgan fingerprint density at radius 2 is 1.00 bits per heavy atom. The molecule has 39 heavy (non-hydrogen) atoms. The summed E-state index contributed by atoms with van der Waals surface area (Å²) in [5.74, 6) is -0.770. The van der Waals surface area contributed by atoms with E-state index in [9.17, 15) is 9.59 Å². The zero-order valence-corrected chi connectivity index (χ0v) is 22.5. The summed E-state index contributed by atoms with van der Waals surface area (Å²) >= 11 is 0. The van der Waals surface area contributed by atoms with Gasteiger partial charge in [-0.15, -0.1) is 0 Å². The molecule has 0 heterocycles. The number of fused-ring (bicyclic) bond motifs is 1. The van der Waals surface area contributed by atoms with Crippen molar-refractivity contribution in [3.05, 3.63) is 143 Å². The first-order chi connectivity index (χ1) is 18.9. The maximum absolute atomic E-state index is 11.6. The number of hydrogen-bond acceptors (Lipinski definition) is 4. The molecule has 4 nitrogen and oxygen atoms in total. The molecule has 0 amide bonds. The van der Waals surface area contributed by atoms with Crippen LogP contribution in [0.2, 0.25) is 0 Å². The van der Waals surface area contributed by atoms with Gasteiger partial charge in [0.1, 0.15) is 13.2 Å². The molecule has 0 aromatic heterocycles. The van der Waals surface area contributed by atoms with Gasteiger partial charge in [0.05, 0.1) is 0 Å². The summed E-state index contributed by atoms with van der Waals surface area (Å²) in [4.78, 5) is 22.8. The lowest BCUT2D eigenvalue weighted by atomic mass is 9.97. The van der Waals surface area contributed by atoms with E-state index in [1.165, 1.54) is 39.1 Å². The Bertz CT molecular complexity index is 1460. The molecule has 0 atom stereocenters.